The first-order valence-corrected chi connectivity index (χ1v) is 8.71. The molecule has 3 rings (SSSR count). The molecule has 1 heterocycles. The van der Waals surface area contributed by atoms with Crippen LogP contribution in [0.25, 0.3) is 0 Å². The van der Waals surface area contributed by atoms with Crippen LogP contribution in [0.15, 0.2) is 0 Å². The van der Waals surface area contributed by atoms with Gasteiger partial charge in [-0.2, -0.15) is 0 Å². The highest BCUT2D eigenvalue weighted by atomic mass is 16.5. The third-order valence-electron chi connectivity index (χ3n) is 5.87. The predicted molar refractivity (Wildman–Crippen MR) is 79.3 cm³/mol. The zero-order valence-electron chi connectivity index (χ0n) is 12.6. The number of rotatable bonds is 4. The number of hydrogen-bond acceptors (Lipinski definition) is 2. The summed E-state index contributed by atoms with van der Waals surface area (Å²) in [5.41, 5.74) is 0.292. The summed E-state index contributed by atoms with van der Waals surface area (Å²) in [6, 6.07) is 1.49. The highest BCUT2D eigenvalue weighted by Gasteiger charge is 2.43. The molecule has 2 aliphatic carbocycles. The van der Waals surface area contributed by atoms with Crippen molar-refractivity contribution >= 4 is 0 Å². The summed E-state index contributed by atoms with van der Waals surface area (Å²) in [6.45, 7) is 3.35. The fraction of sp³-hybridized carbons (Fsp3) is 1.00. The van der Waals surface area contributed by atoms with Crippen molar-refractivity contribution < 1.29 is 4.74 Å². The number of nitrogens with one attached hydrogen (secondary N) is 1. The average Bonchev–Trinajstić information content (AvgIpc) is 2.44. The molecule has 110 valence electrons. The van der Waals surface area contributed by atoms with Gasteiger partial charge in [-0.05, 0) is 57.3 Å². The smallest absolute Gasteiger partial charge is 0.0697 e. The van der Waals surface area contributed by atoms with Crippen molar-refractivity contribution in [1.82, 2.24) is 5.32 Å². The molecular weight excluding hydrogens is 234 g/mol. The van der Waals surface area contributed by atoms with Gasteiger partial charge >= 0.3 is 0 Å². The van der Waals surface area contributed by atoms with Gasteiger partial charge in [0.2, 0.25) is 0 Å². The Balaban J connectivity index is 1.53. The van der Waals surface area contributed by atoms with Crippen molar-refractivity contribution in [2.45, 2.75) is 95.2 Å². The van der Waals surface area contributed by atoms with Crippen LogP contribution in [0.2, 0.25) is 0 Å². The van der Waals surface area contributed by atoms with Crippen LogP contribution >= 0.6 is 0 Å². The molecule has 1 spiro atoms. The molecule has 1 saturated heterocycles. The van der Waals surface area contributed by atoms with E-state index < -0.39 is 0 Å². The lowest BCUT2D eigenvalue weighted by Crippen LogP contribution is -2.53. The normalized spacial score (nSPS) is 33.0. The molecule has 0 aromatic heterocycles. The van der Waals surface area contributed by atoms with Gasteiger partial charge in [-0.25, -0.2) is 0 Å². The monoisotopic (exact) mass is 265 g/mol. The second kappa shape index (κ2) is 6.13. The molecule has 3 aliphatic rings. The fourth-order valence-electron chi connectivity index (χ4n) is 4.52. The fourth-order valence-corrected chi connectivity index (χ4v) is 4.52. The molecule has 2 nitrogen and oxygen atoms in total. The first-order valence-electron chi connectivity index (χ1n) is 8.71. The van der Waals surface area contributed by atoms with E-state index >= 15 is 0 Å². The summed E-state index contributed by atoms with van der Waals surface area (Å²) in [7, 11) is 0. The van der Waals surface area contributed by atoms with E-state index in [4.69, 9.17) is 4.74 Å². The van der Waals surface area contributed by atoms with Crippen LogP contribution in [0.3, 0.4) is 0 Å². The maximum atomic E-state index is 6.05. The molecule has 2 atom stereocenters. The van der Waals surface area contributed by atoms with Crippen molar-refractivity contribution in [3.8, 4) is 0 Å². The van der Waals surface area contributed by atoms with Gasteiger partial charge in [0.25, 0.3) is 0 Å². The Bertz CT molecular complexity index is 281. The molecule has 2 unspecified atom stereocenters. The molecule has 2 saturated carbocycles. The zero-order valence-corrected chi connectivity index (χ0v) is 12.6. The summed E-state index contributed by atoms with van der Waals surface area (Å²) < 4.78 is 6.05. The largest absolute Gasteiger partial charge is 0.375 e. The number of hydrogen-bond donors (Lipinski definition) is 1. The van der Waals surface area contributed by atoms with E-state index in [2.05, 4.69) is 12.2 Å². The van der Waals surface area contributed by atoms with Gasteiger partial charge < -0.3 is 10.1 Å². The lowest BCUT2D eigenvalue weighted by molar-refractivity contribution is -0.136. The van der Waals surface area contributed by atoms with E-state index in [0.717, 1.165) is 24.6 Å². The molecule has 1 N–H and O–H groups in total. The second-order valence-electron chi connectivity index (χ2n) is 7.15. The van der Waals surface area contributed by atoms with Crippen molar-refractivity contribution in [2.24, 2.45) is 5.92 Å². The van der Waals surface area contributed by atoms with Crippen LogP contribution in [0.4, 0.5) is 0 Å². The summed E-state index contributed by atoms with van der Waals surface area (Å²) in [4.78, 5) is 0. The standard InChI is InChI=1S/C17H31NO/c1-2-16(14-7-4-3-5-8-14)18-15-9-12-19-17(13-15)10-6-11-17/h14-16,18H,2-13H2,1H3. The second-order valence-corrected chi connectivity index (χ2v) is 7.15. The summed E-state index contributed by atoms with van der Waals surface area (Å²) in [5, 5.41) is 4.02. The molecule has 0 aromatic rings. The van der Waals surface area contributed by atoms with Crippen molar-refractivity contribution in [2.75, 3.05) is 6.61 Å². The van der Waals surface area contributed by atoms with E-state index in [9.17, 15) is 0 Å². The molecule has 0 radical (unpaired) electrons. The predicted octanol–water partition coefficient (Wildman–Crippen LogP) is 4.04. The summed E-state index contributed by atoms with van der Waals surface area (Å²) >= 11 is 0. The van der Waals surface area contributed by atoms with Gasteiger partial charge in [0.15, 0.2) is 0 Å². The van der Waals surface area contributed by atoms with E-state index in [1.165, 1.54) is 70.6 Å². The lowest BCUT2D eigenvalue weighted by Gasteiger charge is -2.48. The Morgan fingerprint density at radius 1 is 1.11 bits per heavy atom. The molecule has 1 aliphatic heterocycles. The summed E-state index contributed by atoms with van der Waals surface area (Å²) in [5.74, 6) is 0.943. The molecular formula is C17H31NO. The quantitative estimate of drug-likeness (QED) is 0.828. The van der Waals surface area contributed by atoms with Gasteiger partial charge in [0, 0.05) is 18.7 Å². The SMILES string of the molecule is CCC(NC1CCOC2(CCC2)C1)C1CCCCC1. The van der Waals surface area contributed by atoms with Crippen LogP contribution < -0.4 is 5.32 Å². The molecule has 0 bridgehead atoms. The highest BCUT2D eigenvalue weighted by Crippen LogP contribution is 2.42. The van der Waals surface area contributed by atoms with Crippen LogP contribution in [0.1, 0.15) is 77.6 Å². The molecule has 0 aromatic carbocycles. The molecule has 0 amide bonds. The maximum Gasteiger partial charge on any atom is 0.0697 e. The van der Waals surface area contributed by atoms with Crippen molar-refractivity contribution in [3.05, 3.63) is 0 Å². The third-order valence-corrected chi connectivity index (χ3v) is 5.87. The Morgan fingerprint density at radius 3 is 2.53 bits per heavy atom. The van der Waals surface area contributed by atoms with Crippen molar-refractivity contribution in [1.29, 1.82) is 0 Å². The van der Waals surface area contributed by atoms with E-state index in [1.807, 2.05) is 0 Å². The van der Waals surface area contributed by atoms with Crippen LogP contribution in [-0.2, 0) is 4.74 Å². The Morgan fingerprint density at radius 2 is 1.89 bits per heavy atom. The van der Waals surface area contributed by atoms with E-state index in [-0.39, 0.29) is 0 Å². The maximum absolute atomic E-state index is 6.05. The van der Waals surface area contributed by atoms with E-state index in [0.29, 0.717) is 5.60 Å². The third kappa shape index (κ3) is 3.16. The van der Waals surface area contributed by atoms with E-state index in [1.54, 1.807) is 0 Å². The Hall–Kier alpha value is -0.0800. The van der Waals surface area contributed by atoms with Crippen molar-refractivity contribution in [3.63, 3.8) is 0 Å². The van der Waals surface area contributed by atoms with Gasteiger partial charge in [-0.3, -0.25) is 0 Å². The minimum absolute atomic E-state index is 0.292. The first kappa shape index (κ1) is 13.9. The van der Waals surface area contributed by atoms with Gasteiger partial charge in [0.1, 0.15) is 0 Å². The highest BCUT2D eigenvalue weighted by molar-refractivity contribution is 4.97. The Kier molecular flexibility index (Phi) is 4.48. The minimum Gasteiger partial charge on any atom is -0.375 e. The van der Waals surface area contributed by atoms with Crippen LogP contribution in [0, 0.1) is 5.92 Å². The summed E-state index contributed by atoms with van der Waals surface area (Å²) in [6.07, 6.45) is 15.1. The number of ether oxygens (including phenoxy) is 1. The van der Waals surface area contributed by atoms with Gasteiger partial charge in [0.05, 0.1) is 5.60 Å². The Labute approximate surface area is 118 Å². The van der Waals surface area contributed by atoms with Crippen LogP contribution in [-0.4, -0.2) is 24.3 Å². The van der Waals surface area contributed by atoms with Gasteiger partial charge in [-0.1, -0.05) is 26.2 Å². The minimum atomic E-state index is 0.292. The molecule has 19 heavy (non-hydrogen) atoms. The van der Waals surface area contributed by atoms with Crippen LogP contribution in [0.5, 0.6) is 0 Å². The molecule has 3 fully saturated rings. The first-order chi connectivity index (χ1) is 9.31. The van der Waals surface area contributed by atoms with Gasteiger partial charge in [-0.15, -0.1) is 0 Å². The zero-order chi connectivity index (χ0) is 13.1. The topological polar surface area (TPSA) is 21.3 Å². The molecule has 2 heteroatoms. The lowest BCUT2D eigenvalue weighted by atomic mass is 9.73. The average molecular weight is 265 g/mol.